The summed E-state index contributed by atoms with van der Waals surface area (Å²) in [7, 11) is 0. The first-order valence-corrected chi connectivity index (χ1v) is 5.96. The first-order valence-electron chi connectivity index (χ1n) is 5.58. The molecule has 1 aliphatic rings. The standard InChI is InChI=1S/C12H17ClN2O/c1-9-6-14-7-10(8-16)15(9)12-5-3-2-4-11(12)13/h2-5,9-10,14,16H,6-8H2,1H3. The van der Waals surface area contributed by atoms with Gasteiger partial charge < -0.3 is 15.3 Å². The zero-order chi connectivity index (χ0) is 11.5. The third-order valence-corrected chi connectivity index (χ3v) is 3.35. The van der Waals surface area contributed by atoms with E-state index in [0.29, 0.717) is 6.04 Å². The van der Waals surface area contributed by atoms with Crippen LogP contribution in [0, 0.1) is 0 Å². The molecule has 0 saturated carbocycles. The lowest BCUT2D eigenvalue weighted by Crippen LogP contribution is -2.58. The maximum Gasteiger partial charge on any atom is 0.0649 e. The summed E-state index contributed by atoms with van der Waals surface area (Å²) in [6.45, 7) is 3.99. The molecule has 1 aromatic rings. The molecule has 2 rings (SSSR count). The van der Waals surface area contributed by atoms with Crippen LogP contribution in [0.2, 0.25) is 5.02 Å². The van der Waals surface area contributed by atoms with Crippen molar-refractivity contribution in [1.82, 2.24) is 5.32 Å². The van der Waals surface area contributed by atoms with Crippen molar-refractivity contribution >= 4 is 17.3 Å². The molecule has 2 atom stereocenters. The highest BCUT2D eigenvalue weighted by Crippen LogP contribution is 2.29. The van der Waals surface area contributed by atoms with Gasteiger partial charge in [0.15, 0.2) is 0 Å². The Morgan fingerprint density at radius 2 is 2.19 bits per heavy atom. The molecule has 0 radical (unpaired) electrons. The highest BCUT2D eigenvalue weighted by Gasteiger charge is 2.28. The summed E-state index contributed by atoms with van der Waals surface area (Å²) in [6, 6.07) is 8.23. The number of anilines is 1. The minimum absolute atomic E-state index is 0.101. The van der Waals surface area contributed by atoms with Crippen molar-refractivity contribution in [2.75, 3.05) is 24.6 Å². The summed E-state index contributed by atoms with van der Waals surface area (Å²) in [5, 5.41) is 13.5. The first-order chi connectivity index (χ1) is 7.74. The molecule has 0 bridgehead atoms. The molecule has 1 fully saturated rings. The lowest BCUT2D eigenvalue weighted by molar-refractivity contribution is 0.235. The number of para-hydroxylation sites is 1. The number of halogens is 1. The number of nitrogens with one attached hydrogen (secondary N) is 1. The van der Waals surface area contributed by atoms with Crippen LogP contribution in [-0.4, -0.2) is 36.9 Å². The molecular weight excluding hydrogens is 224 g/mol. The Balaban J connectivity index is 2.32. The molecule has 4 heteroatoms. The van der Waals surface area contributed by atoms with Crippen LogP contribution in [0.15, 0.2) is 24.3 Å². The van der Waals surface area contributed by atoms with Crippen LogP contribution in [-0.2, 0) is 0 Å². The Kier molecular flexibility index (Phi) is 3.69. The average molecular weight is 241 g/mol. The minimum atomic E-state index is 0.101. The Morgan fingerprint density at radius 1 is 1.44 bits per heavy atom. The van der Waals surface area contributed by atoms with E-state index in [9.17, 15) is 5.11 Å². The molecule has 2 N–H and O–H groups in total. The van der Waals surface area contributed by atoms with Gasteiger partial charge in [0.1, 0.15) is 0 Å². The number of piperazine rings is 1. The van der Waals surface area contributed by atoms with Crippen molar-refractivity contribution in [2.24, 2.45) is 0 Å². The number of rotatable bonds is 2. The van der Waals surface area contributed by atoms with Crippen molar-refractivity contribution in [3.05, 3.63) is 29.3 Å². The summed E-state index contributed by atoms with van der Waals surface area (Å²) in [4.78, 5) is 2.21. The van der Waals surface area contributed by atoms with Gasteiger partial charge in [-0.25, -0.2) is 0 Å². The molecule has 1 aromatic carbocycles. The van der Waals surface area contributed by atoms with Crippen LogP contribution in [0.25, 0.3) is 0 Å². The van der Waals surface area contributed by atoms with E-state index in [1.165, 1.54) is 0 Å². The number of aliphatic hydroxyl groups excluding tert-OH is 1. The van der Waals surface area contributed by atoms with E-state index in [2.05, 4.69) is 17.1 Å². The molecule has 1 aliphatic heterocycles. The fourth-order valence-corrected chi connectivity index (χ4v) is 2.50. The minimum Gasteiger partial charge on any atom is -0.394 e. The van der Waals surface area contributed by atoms with Crippen LogP contribution in [0.3, 0.4) is 0 Å². The highest BCUT2D eigenvalue weighted by molar-refractivity contribution is 6.33. The number of hydrogen-bond donors (Lipinski definition) is 2. The Morgan fingerprint density at radius 3 is 2.88 bits per heavy atom. The second-order valence-electron chi connectivity index (χ2n) is 4.20. The van der Waals surface area contributed by atoms with Crippen molar-refractivity contribution < 1.29 is 5.11 Å². The fraction of sp³-hybridized carbons (Fsp3) is 0.500. The van der Waals surface area contributed by atoms with Crippen LogP contribution >= 0.6 is 11.6 Å². The van der Waals surface area contributed by atoms with Gasteiger partial charge in [0.25, 0.3) is 0 Å². The van der Waals surface area contributed by atoms with Gasteiger partial charge in [0.05, 0.1) is 23.4 Å². The topological polar surface area (TPSA) is 35.5 Å². The third-order valence-electron chi connectivity index (χ3n) is 3.03. The summed E-state index contributed by atoms with van der Waals surface area (Å²) < 4.78 is 0. The van der Waals surface area contributed by atoms with Gasteiger partial charge >= 0.3 is 0 Å². The summed E-state index contributed by atoms with van der Waals surface area (Å²) in [5.41, 5.74) is 1.01. The van der Waals surface area contributed by atoms with Gasteiger partial charge in [-0.1, -0.05) is 23.7 Å². The summed E-state index contributed by atoms with van der Waals surface area (Å²) in [6.07, 6.45) is 0. The van der Waals surface area contributed by atoms with Crippen molar-refractivity contribution in [2.45, 2.75) is 19.0 Å². The van der Waals surface area contributed by atoms with Gasteiger partial charge in [-0.15, -0.1) is 0 Å². The van der Waals surface area contributed by atoms with E-state index in [1.807, 2.05) is 24.3 Å². The van der Waals surface area contributed by atoms with Crippen LogP contribution in [0.4, 0.5) is 5.69 Å². The third kappa shape index (κ3) is 2.17. The van der Waals surface area contributed by atoms with Gasteiger partial charge in [0.2, 0.25) is 0 Å². The van der Waals surface area contributed by atoms with E-state index in [0.717, 1.165) is 23.8 Å². The molecule has 0 aromatic heterocycles. The quantitative estimate of drug-likeness (QED) is 0.823. The zero-order valence-electron chi connectivity index (χ0n) is 9.36. The molecule has 0 aliphatic carbocycles. The van der Waals surface area contributed by atoms with E-state index in [1.54, 1.807) is 0 Å². The van der Waals surface area contributed by atoms with E-state index >= 15 is 0 Å². The SMILES string of the molecule is CC1CNCC(CO)N1c1ccccc1Cl. The predicted octanol–water partition coefficient (Wildman–Crippen LogP) is 1.50. The van der Waals surface area contributed by atoms with E-state index in [-0.39, 0.29) is 12.6 Å². The maximum atomic E-state index is 9.41. The predicted molar refractivity (Wildman–Crippen MR) is 67.1 cm³/mol. The second-order valence-corrected chi connectivity index (χ2v) is 4.61. The van der Waals surface area contributed by atoms with E-state index < -0.39 is 0 Å². The van der Waals surface area contributed by atoms with Crippen molar-refractivity contribution in [1.29, 1.82) is 0 Å². The lowest BCUT2D eigenvalue weighted by atomic mass is 10.1. The monoisotopic (exact) mass is 240 g/mol. The molecule has 16 heavy (non-hydrogen) atoms. The summed E-state index contributed by atoms with van der Waals surface area (Å²) in [5.74, 6) is 0. The molecule has 2 unspecified atom stereocenters. The van der Waals surface area contributed by atoms with Crippen LogP contribution in [0.5, 0.6) is 0 Å². The molecular formula is C12H17ClN2O. The van der Waals surface area contributed by atoms with Gasteiger partial charge in [-0.05, 0) is 19.1 Å². The Labute approximate surface area is 101 Å². The van der Waals surface area contributed by atoms with Gasteiger partial charge in [0, 0.05) is 19.1 Å². The van der Waals surface area contributed by atoms with Crippen molar-refractivity contribution in [3.63, 3.8) is 0 Å². The first kappa shape index (κ1) is 11.7. The zero-order valence-corrected chi connectivity index (χ0v) is 10.1. The second kappa shape index (κ2) is 5.04. The molecule has 3 nitrogen and oxygen atoms in total. The van der Waals surface area contributed by atoms with Crippen LogP contribution in [0.1, 0.15) is 6.92 Å². The smallest absolute Gasteiger partial charge is 0.0649 e. The summed E-state index contributed by atoms with van der Waals surface area (Å²) >= 11 is 6.20. The van der Waals surface area contributed by atoms with Crippen LogP contribution < -0.4 is 10.2 Å². The molecule has 0 amide bonds. The molecule has 1 saturated heterocycles. The largest absolute Gasteiger partial charge is 0.394 e. The Hall–Kier alpha value is -0.770. The molecule has 88 valence electrons. The van der Waals surface area contributed by atoms with E-state index in [4.69, 9.17) is 11.6 Å². The number of benzene rings is 1. The van der Waals surface area contributed by atoms with Gasteiger partial charge in [-0.3, -0.25) is 0 Å². The van der Waals surface area contributed by atoms with Gasteiger partial charge in [-0.2, -0.15) is 0 Å². The fourth-order valence-electron chi connectivity index (χ4n) is 2.26. The molecule has 1 heterocycles. The molecule has 0 spiro atoms. The lowest BCUT2D eigenvalue weighted by Gasteiger charge is -2.42. The van der Waals surface area contributed by atoms with Crippen molar-refractivity contribution in [3.8, 4) is 0 Å². The maximum absolute atomic E-state index is 9.41. The number of hydrogen-bond acceptors (Lipinski definition) is 3. The highest BCUT2D eigenvalue weighted by atomic mass is 35.5. The Bertz CT molecular complexity index is 359. The average Bonchev–Trinajstić information content (AvgIpc) is 2.30. The number of nitrogens with zero attached hydrogens (tertiary/aromatic N) is 1. The number of aliphatic hydroxyl groups is 1. The normalized spacial score (nSPS) is 25.8.